The Morgan fingerprint density at radius 2 is 1.47 bits per heavy atom. The Labute approximate surface area is 381 Å². The molecule has 0 aliphatic carbocycles. The lowest BCUT2D eigenvalue weighted by atomic mass is 10.1. The number of rotatable bonds is 20. The molecule has 0 unspecified atom stereocenters. The largest absolute Gasteiger partial charge is 0.462 e. The summed E-state index contributed by atoms with van der Waals surface area (Å²) < 4.78 is 12.3. The lowest BCUT2D eigenvalue weighted by Gasteiger charge is -2.21. The number of fused-ring (bicyclic) bond motifs is 1. The molecule has 0 aliphatic rings. The maximum Gasteiger partial charge on any atom is 0.339 e. The fourth-order valence-corrected chi connectivity index (χ4v) is 5.77. The van der Waals surface area contributed by atoms with Gasteiger partial charge in [-0.3, -0.25) is 24.3 Å². The van der Waals surface area contributed by atoms with Crippen LogP contribution in [-0.4, -0.2) is 84.2 Å². The Morgan fingerprint density at radius 1 is 0.859 bits per heavy atom. The number of pyridine rings is 1. The van der Waals surface area contributed by atoms with Crippen LogP contribution in [0.3, 0.4) is 0 Å². The first kappa shape index (κ1) is 57.8. The molecule has 2 aromatic heterocycles. The molecule has 0 spiro atoms. The van der Waals surface area contributed by atoms with Crippen molar-refractivity contribution in [2.24, 2.45) is 28.5 Å². The number of anilines is 2. The predicted molar refractivity (Wildman–Crippen MR) is 263 cm³/mol. The number of hydrogen-bond donors (Lipinski definition) is 3. The summed E-state index contributed by atoms with van der Waals surface area (Å²) >= 11 is 0. The molecule has 0 radical (unpaired) electrons. The van der Waals surface area contributed by atoms with Crippen molar-refractivity contribution >= 4 is 58.3 Å². The number of aromatic nitrogens is 3. The minimum atomic E-state index is -0.570. The number of aliphatic imine (C=N–C) groups is 2. The number of benzene rings is 2. The lowest BCUT2D eigenvalue weighted by molar-refractivity contribution is -0.149. The molecule has 15 heteroatoms. The number of nitrogens with one attached hydrogen (secondary N) is 1. The van der Waals surface area contributed by atoms with Crippen molar-refractivity contribution in [3.8, 4) is 0 Å². The van der Waals surface area contributed by atoms with E-state index in [9.17, 15) is 19.2 Å². The average molecular weight is 886 g/mol. The van der Waals surface area contributed by atoms with Crippen LogP contribution in [-0.2, 0) is 37.4 Å². The normalized spacial score (nSPS) is 10.8. The summed E-state index contributed by atoms with van der Waals surface area (Å²) in [6.45, 7) is 15.7. The smallest absolute Gasteiger partial charge is 0.339 e. The first-order valence-electron chi connectivity index (χ1n) is 22.4. The second kappa shape index (κ2) is 35.3. The van der Waals surface area contributed by atoms with Gasteiger partial charge >= 0.3 is 11.9 Å². The Balaban J connectivity index is 0.00000231. The summed E-state index contributed by atoms with van der Waals surface area (Å²) in [6, 6.07) is 17.6. The highest BCUT2D eigenvalue weighted by molar-refractivity contribution is 6.09. The highest BCUT2D eigenvalue weighted by Crippen LogP contribution is 2.21. The van der Waals surface area contributed by atoms with Crippen molar-refractivity contribution in [1.82, 2.24) is 14.5 Å². The van der Waals surface area contributed by atoms with Gasteiger partial charge in [0.1, 0.15) is 30.7 Å². The second-order valence-corrected chi connectivity index (χ2v) is 13.4. The van der Waals surface area contributed by atoms with Gasteiger partial charge < -0.3 is 30.8 Å². The van der Waals surface area contributed by atoms with Gasteiger partial charge in [0.05, 0.1) is 29.6 Å². The molecule has 0 saturated heterocycles. The van der Waals surface area contributed by atoms with Gasteiger partial charge in [-0.15, -0.1) is 0 Å². The van der Waals surface area contributed by atoms with E-state index in [4.69, 9.17) is 20.2 Å². The number of carbonyl (C=O) groups excluding carboxylic acids is 4. The van der Waals surface area contributed by atoms with Crippen LogP contribution in [0.25, 0.3) is 11.0 Å². The summed E-state index contributed by atoms with van der Waals surface area (Å²) in [5.41, 5.74) is 13.9. The van der Waals surface area contributed by atoms with Gasteiger partial charge in [0.2, 0.25) is 5.91 Å². The Kier molecular flexibility index (Phi) is 31.8. The minimum absolute atomic E-state index is 0.00459. The molecule has 2 amide bonds. The lowest BCUT2D eigenvalue weighted by Crippen LogP contribution is -2.34. The zero-order chi connectivity index (χ0) is 48.3. The minimum Gasteiger partial charge on any atom is -0.462 e. The molecule has 0 aliphatic heterocycles. The number of amidine groups is 1. The fourth-order valence-electron chi connectivity index (χ4n) is 5.77. The number of unbranched alkanes of at least 4 members (excludes halogenated alkanes) is 6. The number of allylic oxidation sites excluding steroid dienone is 1. The van der Waals surface area contributed by atoms with Gasteiger partial charge in [0, 0.05) is 56.8 Å². The van der Waals surface area contributed by atoms with E-state index < -0.39 is 11.9 Å². The number of aryl methyl sites for hydroxylation is 1. The first-order valence-corrected chi connectivity index (χ1v) is 22.4. The maximum absolute atomic E-state index is 13.8. The third-order valence-electron chi connectivity index (χ3n) is 8.94. The monoisotopic (exact) mass is 886 g/mol. The average Bonchev–Trinajstić information content (AvgIpc) is 3.64. The molecular weight excluding hydrogens is 811 g/mol. The van der Waals surface area contributed by atoms with E-state index in [0.717, 1.165) is 17.0 Å². The molecule has 0 fully saturated rings. The molecule has 64 heavy (non-hydrogen) atoms. The third kappa shape index (κ3) is 21.2. The van der Waals surface area contributed by atoms with Crippen molar-refractivity contribution in [1.29, 1.82) is 0 Å². The number of amides is 2. The second-order valence-electron chi connectivity index (χ2n) is 13.4. The van der Waals surface area contributed by atoms with E-state index in [1.807, 2.05) is 57.5 Å². The maximum atomic E-state index is 13.8. The van der Waals surface area contributed by atoms with Crippen LogP contribution in [0.5, 0.6) is 0 Å². The summed E-state index contributed by atoms with van der Waals surface area (Å²) in [5.74, 6) is -0.610. The molecule has 352 valence electrons. The van der Waals surface area contributed by atoms with E-state index in [1.54, 1.807) is 68.7 Å². The zero-order valence-electron chi connectivity index (χ0n) is 40.3. The topological polar surface area (TPSA) is 209 Å². The van der Waals surface area contributed by atoms with Crippen LogP contribution in [0.15, 0.2) is 88.5 Å². The summed E-state index contributed by atoms with van der Waals surface area (Å²) in [4.78, 5) is 67.6. The van der Waals surface area contributed by atoms with Crippen molar-refractivity contribution in [2.75, 3.05) is 44.1 Å². The van der Waals surface area contributed by atoms with Crippen molar-refractivity contribution < 1.29 is 28.7 Å². The van der Waals surface area contributed by atoms with Crippen LogP contribution in [0, 0.1) is 0 Å². The van der Waals surface area contributed by atoms with Crippen LogP contribution >= 0.6 is 0 Å². The Bertz CT molecular complexity index is 2020. The van der Waals surface area contributed by atoms with Crippen LogP contribution in [0.1, 0.15) is 129 Å². The zero-order valence-corrected chi connectivity index (χ0v) is 40.3. The molecule has 0 bridgehead atoms. The molecule has 15 nitrogen and oxygen atoms in total. The predicted octanol–water partition coefficient (Wildman–Crippen LogP) is 8.99. The van der Waals surface area contributed by atoms with Crippen molar-refractivity contribution in [2.45, 2.75) is 113 Å². The van der Waals surface area contributed by atoms with Crippen LogP contribution in [0.4, 0.5) is 11.5 Å². The van der Waals surface area contributed by atoms with E-state index in [1.165, 1.54) is 70.0 Å². The van der Waals surface area contributed by atoms with Gasteiger partial charge in [-0.05, 0) is 68.6 Å². The third-order valence-corrected chi connectivity index (χ3v) is 8.94. The van der Waals surface area contributed by atoms with Crippen molar-refractivity contribution in [3.05, 3.63) is 95.5 Å². The number of nitrogens with zero attached hydrogens (tertiary/aromatic N) is 6. The Morgan fingerprint density at radius 3 is 2.03 bits per heavy atom. The van der Waals surface area contributed by atoms with E-state index >= 15 is 0 Å². The molecule has 5 N–H and O–H groups in total. The number of ether oxygens (including phenoxy) is 2. The van der Waals surface area contributed by atoms with Crippen molar-refractivity contribution in [3.63, 3.8) is 0 Å². The number of carbonyl (C=O) groups is 4. The fraction of sp³-hybridized carbons (Fsp3) is 0.469. The number of imidazole rings is 1. The van der Waals surface area contributed by atoms with E-state index in [2.05, 4.69) is 39.9 Å². The van der Waals surface area contributed by atoms with Gasteiger partial charge in [0.25, 0.3) is 5.91 Å². The molecular formula is C49H75N9O6. The Hall–Kier alpha value is -6.22. The first-order chi connectivity index (χ1) is 31.0. The quantitative estimate of drug-likeness (QED) is 0.0251. The van der Waals surface area contributed by atoms with E-state index in [-0.39, 0.29) is 43.8 Å². The van der Waals surface area contributed by atoms with E-state index in [0.29, 0.717) is 34.6 Å². The molecule has 4 rings (SSSR count). The molecule has 2 heterocycles. The molecule has 0 saturated carbocycles. The van der Waals surface area contributed by atoms with Crippen LogP contribution in [0.2, 0.25) is 0 Å². The SMILES string of the molecule is C/C=C(\C=NC)C(=O)OCCOC(=O)CCN(C(=O)c1ccc2c(c1)nc(CNc1ccc(C(N)=NC(C)=O)cc1)n2C)c1ccccn1.CC.CC.CCCCCCCCC.CN. The standard InChI is InChI=1S/C35H38N8O6.C9H20.2C2H6.CH5N/c1-5-24(21-37-3)35(47)49-19-18-48-32(45)15-17-43(30-8-6-7-16-38-30)34(46)26-11-14-29-28(20-26)41-31(42(29)4)22-39-27-12-9-25(10-13-27)33(36)40-23(2)44;1-3-5-7-9-8-6-4-2;3*1-2/h5-14,16,20-21,39H,15,17-19,22H2,1-4H3,(H2,36,40,44);3-9H2,1-2H3;2*1-2H3;2H2,1H3/b24-5+,37-21?;;;;. The van der Waals surface area contributed by atoms with Gasteiger partial charge in [-0.1, -0.05) is 98.6 Å². The molecule has 4 aromatic rings. The summed E-state index contributed by atoms with van der Waals surface area (Å²) in [5, 5.41) is 3.32. The van der Waals surface area contributed by atoms with Crippen LogP contribution < -0.4 is 21.7 Å². The summed E-state index contributed by atoms with van der Waals surface area (Å²) in [7, 11) is 4.93. The number of esters is 2. The summed E-state index contributed by atoms with van der Waals surface area (Å²) in [6.07, 6.45) is 14.4. The highest BCUT2D eigenvalue weighted by atomic mass is 16.6. The molecule has 2 aromatic carbocycles. The number of nitrogens with two attached hydrogens (primary N) is 2. The van der Waals surface area contributed by atoms with Gasteiger partial charge in [-0.25, -0.2) is 14.8 Å². The van der Waals surface area contributed by atoms with Gasteiger partial charge in [0.15, 0.2) is 0 Å². The van der Waals surface area contributed by atoms with Gasteiger partial charge in [-0.2, -0.15) is 4.99 Å². The molecule has 0 atom stereocenters. The number of hydrogen-bond acceptors (Lipinski definition) is 11. The highest BCUT2D eigenvalue weighted by Gasteiger charge is 2.22.